The molecule has 1 aliphatic rings. The van der Waals surface area contributed by atoms with E-state index in [1.54, 1.807) is 13.8 Å². The number of nitrogens with one attached hydrogen (secondary N) is 2. The third-order valence-corrected chi connectivity index (χ3v) is 5.38. The number of carbonyl (C=O) groups is 1. The summed E-state index contributed by atoms with van der Waals surface area (Å²) in [5, 5.41) is 15.8. The van der Waals surface area contributed by atoms with Crippen LogP contribution in [0.5, 0.6) is 5.88 Å². The van der Waals surface area contributed by atoms with Gasteiger partial charge in [-0.05, 0) is 24.6 Å². The number of rotatable bonds is 7. The fourth-order valence-electron chi connectivity index (χ4n) is 3.69. The van der Waals surface area contributed by atoms with Crippen molar-refractivity contribution in [1.82, 2.24) is 30.3 Å². The molecular formula is C24H23F6N7O4. The van der Waals surface area contributed by atoms with Gasteiger partial charge in [-0.2, -0.15) is 36.5 Å². The molecule has 41 heavy (non-hydrogen) atoms. The minimum absolute atomic E-state index is 0.0449. The summed E-state index contributed by atoms with van der Waals surface area (Å²) < 4.78 is 97.2. The number of urea groups is 1. The normalized spacial score (nSPS) is 14.6. The standard InChI is InChI=1S/C24H23F6N7O4/c1-12-5-14(34-35-19(12)16-9-37(4)36-20(16)24(28,29)30)8-31-21(38)32-13-6-17(23(25,26)27)33-18(7-13)39-10-15-11-40-22(2,3)41-15/h5-7,9,11H,8,10H2,1-4H3,(H2,31,32,33,38). The van der Waals surface area contributed by atoms with Gasteiger partial charge in [-0.15, -0.1) is 5.10 Å². The van der Waals surface area contributed by atoms with E-state index in [0.717, 1.165) is 10.7 Å². The summed E-state index contributed by atoms with van der Waals surface area (Å²) >= 11 is 0. The Morgan fingerprint density at radius 1 is 1.10 bits per heavy atom. The van der Waals surface area contributed by atoms with Crippen LogP contribution < -0.4 is 15.4 Å². The van der Waals surface area contributed by atoms with E-state index < -0.39 is 41.4 Å². The Morgan fingerprint density at radius 3 is 2.44 bits per heavy atom. The van der Waals surface area contributed by atoms with Crippen molar-refractivity contribution < 1.29 is 45.3 Å². The molecular weight excluding hydrogens is 564 g/mol. The molecule has 0 atom stereocenters. The van der Waals surface area contributed by atoms with E-state index in [1.807, 2.05) is 0 Å². The van der Waals surface area contributed by atoms with Crippen LogP contribution >= 0.6 is 0 Å². The molecule has 4 rings (SSSR count). The second kappa shape index (κ2) is 10.8. The van der Waals surface area contributed by atoms with E-state index in [2.05, 4.69) is 30.9 Å². The van der Waals surface area contributed by atoms with Gasteiger partial charge in [0.1, 0.15) is 6.26 Å². The Morgan fingerprint density at radius 2 is 1.83 bits per heavy atom. The zero-order valence-corrected chi connectivity index (χ0v) is 21.9. The van der Waals surface area contributed by atoms with Gasteiger partial charge in [0.05, 0.1) is 23.5 Å². The van der Waals surface area contributed by atoms with E-state index in [4.69, 9.17) is 14.2 Å². The first-order valence-electron chi connectivity index (χ1n) is 11.8. The summed E-state index contributed by atoms with van der Waals surface area (Å²) in [6, 6.07) is 2.22. The minimum atomic E-state index is -4.84. The lowest BCUT2D eigenvalue weighted by atomic mass is 10.1. The van der Waals surface area contributed by atoms with Crippen molar-refractivity contribution in [3.8, 4) is 17.1 Å². The topological polar surface area (TPSA) is 125 Å². The molecule has 0 spiro atoms. The van der Waals surface area contributed by atoms with E-state index in [1.165, 1.54) is 32.5 Å². The van der Waals surface area contributed by atoms with Crippen molar-refractivity contribution in [1.29, 1.82) is 0 Å². The Hall–Kier alpha value is -4.57. The molecule has 11 nitrogen and oxygen atoms in total. The van der Waals surface area contributed by atoms with Gasteiger partial charge in [0.25, 0.3) is 0 Å². The fourth-order valence-corrected chi connectivity index (χ4v) is 3.69. The van der Waals surface area contributed by atoms with Crippen molar-refractivity contribution in [2.45, 2.75) is 45.5 Å². The van der Waals surface area contributed by atoms with E-state index in [-0.39, 0.29) is 41.5 Å². The Labute approximate surface area is 228 Å². The molecule has 1 aliphatic heterocycles. The molecule has 3 aromatic rings. The molecule has 0 fully saturated rings. The predicted molar refractivity (Wildman–Crippen MR) is 129 cm³/mol. The van der Waals surface area contributed by atoms with Gasteiger partial charge in [0, 0.05) is 38.8 Å². The number of aromatic nitrogens is 5. The number of carbonyl (C=O) groups excluding carboxylic acids is 1. The minimum Gasteiger partial charge on any atom is -0.469 e. The number of hydrogen-bond acceptors (Lipinski definition) is 8. The highest BCUT2D eigenvalue weighted by atomic mass is 19.4. The lowest BCUT2D eigenvalue weighted by Gasteiger charge is -2.18. The van der Waals surface area contributed by atoms with Crippen LogP contribution in [0.1, 0.15) is 36.5 Å². The molecule has 17 heteroatoms. The number of aryl methyl sites for hydroxylation is 2. The van der Waals surface area contributed by atoms with Crippen LogP contribution in [0.3, 0.4) is 0 Å². The van der Waals surface area contributed by atoms with Gasteiger partial charge in [-0.25, -0.2) is 9.78 Å². The summed E-state index contributed by atoms with van der Waals surface area (Å²) in [4.78, 5) is 15.9. The predicted octanol–water partition coefficient (Wildman–Crippen LogP) is 4.94. The number of hydrogen-bond donors (Lipinski definition) is 2. The van der Waals surface area contributed by atoms with Gasteiger partial charge >= 0.3 is 18.4 Å². The van der Waals surface area contributed by atoms with Gasteiger partial charge < -0.3 is 24.8 Å². The molecule has 0 unspecified atom stereocenters. The molecule has 0 bridgehead atoms. The van der Waals surface area contributed by atoms with Crippen molar-refractivity contribution in [3.63, 3.8) is 0 Å². The molecule has 2 N–H and O–H groups in total. The van der Waals surface area contributed by atoms with Crippen LogP contribution in [0.25, 0.3) is 11.3 Å². The molecule has 0 aliphatic carbocycles. The third kappa shape index (κ3) is 7.34. The number of anilines is 1. The summed E-state index contributed by atoms with van der Waals surface area (Å²) in [5.74, 6) is -1.16. The van der Waals surface area contributed by atoms with Gasteiger partial charge in [-0.1, -0.05) is 0 Å². The Kier molecular flexibility index (Phi) is 7.73. The first-order chi connectivity index (χ1) is 19.0. The largest absolute Gasteiger partial charge is 0.469 e. The van der Waals surface area contributed by atoms with Crippen LogP contribution in [-0.2, 0) is 35.4 Å². The summed E-state index contributed by atoms with van der Waals surface area (Å²) in [6.07, 6.45) is -7.11. The lowest BCUT2D eigenvalue weighted by Crippen LogP contribution is -2.29. The molecule has 3 aromatic heterocycles. The molecule has 0 radical (unpaired) electrons. The van der Waals surface area contributed by atoms with E-state index in [0.29, 0.717) is 11.6 Å². The smallest absolute Gasteiger partial charge is 0.435 e. The van der Waals surface area contributed by atoms with Crippen LogP contribution in [0.2, 0.25) is 0 Å². The molecule has 2 amide bonds. The summed E-state index contributed by atoms with van der Waals surface area (Å²) in [5.41, 5.74) is -2.49. The third-order valence-electron chi connectivity index (χ3n) is 5.38. The zero-order valence-electron chi connectivity index (χ0n) is 21.9. The highest BCUT2D eigenvalue weighted by Gasteiger charge is 2.38. The number of nitrogens with zero attached hydrogens (tertiary/aromatic N) is 5. The maximum Gasteiger partial charge on any atom is 0.435 e. The van der Waals surface area contributed by atoms with Crippen LogP contribution in [0.15, 0.2) is 36.4 Å². The number of amides is 2. The average molecular weight is 587 g/mol. The number of halogens is 6. The van der Waals surface area contributed by atoms with Gasteiger partial charge in [0.15, 0.2) is 23.8 Å². The zero-order chi connectivity index (χ0) is 30.2. The fraction of sp³-hybridized carbons (Fsp3) is 0.375. The second-order valence-electron chi connectivity index (χ2n) is 9.31. The second-order valence-corrected chi connectivity index (χ2v) is 9.31. The maximum atomic E-state index is 13.4. The molecule has 0 saturated carbocycles. The van der Waals surface area contributed by atoms with Crippen molar-refractivity contribution in [2.75, 3.05) is 11.9 Å². The summed E-state index contributed by atoms with van der Waals surface area (Å²) in [7, 11) is 1.34. The highest BCUT2D eigenvalue weighted by molar-refractivity contribution is 5.89. The maximum absolute atomic E-state index is 13.4. The van der Waals surface area contributed by atoms with Crippen LogP contribution in [0, 0.1) is 6.92 Å². The number of pyridine rings is 1. The Bertz CT molecular complexity index is 1480. The SMILES string of the molecule is Cc1cc(CNC(=O)Nc2cc(OCC3=COC(C)(C)O3)nc(C(F)(F)F)c2)nnc1-c1cn(C)nc1C(F)(F)F. The van der Waals surface area contributed by atoms with Crippen molar-refractivity contribution >= 4 is 11.7 Å². The van der Waals surface area contributed by atoms with Crippen LogP contribution in [-0.4, -0.2) is 43.4 Å². The summed E-state index contributed by atoms with van der Waals surface area (Å²) in [6.45, 7) is 4.26. The number of ether oxygens (including phenoxy) is 3. The highest BCUT2D eigenvalue weighted by Crippen LogP contribution is 2.36. The van der Waals surface area contributed by atoms with Crippen LogP contribution in [0.4, 0.5) is 36.8 Å². The van der Waals surface area contributed by atoms with E-state index >= 15 is 0 Å². The first kappa shape index (κ1) is 29.4. The van der Waals surface area contributed by atoms with Crippen molar-refractivity contribution in [3.05, 3.63) is 59.1 Å². The lowest BCUT2D eigenvalue weighted by molar-refractivity contribution is -0.142. The average Bonchev–Trinajstić information content (AvgIpc) is 3.42. The molecule has 220 valence electrons. The monoisotopic (exact) mass is 587 g/mol. The van der Waals surface area contributed by atoms with E-state index in [9.17, 15) is 31.1 Å². The molecule has 0 aromatic carbocycles. The molecule has 4 heterocycles. The quantitative estimate of drug-likeness (QED) is 0.373. The number of alkyl halides is 6. The Balaban J connectivity index is 1.43. The van der Waals surface area contributed by atoms with Gasteiger partial charge in [-0.3, -0.25) is 4.68 Å². The first-order valence-corrected chi connectivity index (χ1v) is 11.8. The van der Waals surface area contributed by atoms with Gasteiger partial charge in [0.2, 0.25) is 11.7 Å². The van der Waals surface area contributed by atoms with Crippen molar-refractivity contribution in [2.24, 2.45) is 7.05 Å². The molecule has 0 saturated heterocycles.